The predicted molar refractivity (Wildman–Crippen MR) is 129 cm³/mol. The monoisotopic (exact) mass is 485 g/mol. The minimum absolute atomic E-state index is 0.169. The van der Waals surface area contributed by atoms with E-state index in [0.29, 0.717) is 42.8 Å². The SMILES string of the molecule is COc1ccc(N2C(=O)/C(=C/c3ccc(-c4cc(C(=O)O)ccc4C)o3)SC2=S)cc1Cl. The average Bonchev–Trinajstić information content (AvgIpc) is 3.32. The molecule has 0 radical (unpaired) electrons. The Morgan fingerprint density at radius 1 is 1.22 bits per heavy atom. The van der Waals surface area contributed by atoms with Gasteiger partial charge < -0.3 is 14.3 Å². The Morgan fingerprint density at radius 3 is 2.69 bits per heavy atom. The number of hydrogen-bond donors (Lipinski definition) is 1. The van der Waals surface area contributed by atoms with E-state index in [1.165, 1.54) is 12.0 Å². The molecule has 0 bridgehead atoms. The van der Waals surface area contributed by atoms with Gasteiger partial charge in [0.1, 0.15) is 17.3 Å². The number of aryl methyl sites for hydroxylation is 1. The second-order valence-corrected chi connectivity index (χ2v) is 8.96. The molecule has 32 heavy (non-hydrogen) atoms. The Kier molecular flexibility index (Phi) is 6.10. The molecular formula is C23H16ClNO5S2. The highest BCUT2D eigenvalue weighted by Crippen LogP contribution is 2.39. The average molecular weight is 486 g/mol. The van der Waals surface area contributed by atoms with Crippen molar-refractivity contribution in [1.29, 1.82) is 0 Å². The molecule has 0 saturated carbocycles. The standard InChI is InChI=1S/C23H16ClNO5S2/c1-12-3-4-13(22(27)28)9-16(12)18-8-6-15(30-18)11-20-21(26)25(23(31)32-20)14-5-7-19(29-2)17(24)10-14/h3-11H,1-2H3,(H,27,28)/b20-11-. The molecule has 4 rings (SSSR count). The number of carbonyl (C=O) groups excluding carboxylic acids is 1. The summed E-state index contributed by atoms with van der Waals surface area (Å²) < 4.78 is 11.4. The fourth-order valence-electron chi connectivity index (χ4n) is 3.21. The van der Waals surface area contributed by atoms with Crippen molar-refractivity contribution in [3.63, 3.8) is 0 Å². The lowest BCUT2D eigenvalue weighted by Gasteiger charge is -2.15. The molecule has 9 heteroatoms. The number of furan rings is 1. The first-order chi connectivity index (χ1) is 15.3. The van der Waals surface area contributed by atoms with Crippen LogP contribution in [0.1, 0.15) is 21.7 Å². The number of nitrogens with zero attached hydrogens (tertiary/aromatic N) is 1. The summed E-state index contributed by atoms with van der Waals surface area (Å²) in [4.78, 5) is 26.1. The van der Waals surface area contributed by atoms with Gasteiger partial charge in [-0.2, -0.15) is 0 Å². The van der Waals surface area contributed by atoms with Crippen LogP contribution in [0.25, 0.3) is 17.4 Å². The number of thioether (sulfide) groups is 1. The molecule has 1 fully saturated rings. The van der Waals surface area contributed by atoms with Crippen LogP contribution in [0.15, 0.2) is 57.9 Å². The fourth-order valence-corrected chi connectivity index (χ4v) is 4.74. The summed E-state index contributed by atoms with van der Waals surface area (Å²) in [5.74, 6) is 0.160. The Balaban J connectivity index is 1.62. The van der Waals surface area contributed by atoms with Gasteiger partial charge in [-0.3, -0.25) is 9.69 Å². The molecule has 162 valence electrons. The number of hydrogen-bond acceptors (Lipinski definition) is 6. The first-order valence-corrected chi connectivity index (χ1v) is 10.9. The van der Waals surface area contributed by atoms with E-state index in [1.54, 1.807) is 54.6 Å². The van der Waals surface area contributed by atoms with Gasteiger partial charge in [0.15, 0.2) is 4.32 Å². The maximum atomic E-state index is 13.0. The van der Waals surface area contributed by atoms with Crippen LogP contribution in [0, 0.1) is 6.92 Å². The number of halogens is 1. The van der Waals surface area contributed by atoms with Crippen LogP contribution < -0.4 is 9.64 Å². The number of amides is 1. The summed E-state index contributed by atoms with van der Waals surface area (Å²) in [5.41, 5.74) is 2.26. The molecule has 1 saturated heterocycles. The van der Waals surface area contributed by atoms with Gasteiger partial charge >= 0.3 is 5.97 Å². The van der Waals surface area contributed by atoms with Crippen LogP contribution in [0.3, 0.4) is 0 Å². The first kappa shape index (κ1) is 22.1. The minimum Gasteiger partial charge on any atom is -0.495 e. The molecule has 0 atom stereocenters. The summed E-state index contributed by atoms with van der Waals surface area (Å²) >= 11 is 12.8. The van der Waals surface area contributed by atoms with Crippen molar-refractivity contribution in [2.75, 3.05) is 12.0 Å². The van der Waals surface area contributed by atoms with Crippen LogP contribution >= 0.6 is 35.6 Å². The van der Waals surface area contributed by atoms with E-state index in [0.717, 1.165) is 17.3 Å². The van der Waals surface area contributed by atoms with E-state index in [1.807, 2.05) is 6.92 Å². The smallest absolute Gasteiger partial charge is 0.335 e. The number of thiocarbonyl (C=S) groups is 1. The van der Waals surface area contributed by atoms with Gasteiger partial charge in [0, 0.05) is 11.6 Å². The number of carboxylic acid groups (broad SMARTS) is 1. The zero-order valence-corrected chi connectivity index (χ0v) is 19.3. The third-order valence-corrected chi connectivity index (χ3v) is 6.43. The van der Waals surface area contributed by atoms with Crippen LogP contribution in [0.2, 0.25) is 5.02 Å². The maximum absolute atomic E-state index is 13.0. The highest BCUT2D eigenvalue weighted by Gasteiger charge is 2.34. The number of benzene rings is 2. The Morgan fingerprint density at radius 2 is 2.00 bits per heavy atom. The zero-order chi connectivity index (χ0) is 23.0. The van der Waals surface area contributed by atoms with Gasteiger partial charge in [-0.05, 0) is 55.0 Å². The molecule has 2 heterocycles. The van der Waals surface area contributed by atoms with Crippen molar-refractivity contribution >= 4 is 63.5 Å². The van der Waals surface area contributed by atoms with Crippen molar-refractivity contribution in [1.82, 2.24) is 0 Å². The van der Waals surface area contributed by atoms with Gasteiger partial charge in [0.05, 0.1) is 28.3 Å². The van der Waals surface area contributed by atoms with Gasteiger partial charge in [-0.25, -0.2) is 4.79 Å². The molecule has 1 aromatic heterocycles. The minimum atomic E-state index is -1.01. The van der Waals surface area contributed by atoms with E-state index >= 15 is 0 Å². The Bertz CT molecular complexity index is 1300. The predicted octanol–water partition coefficient (Wildman–Crippen LogP) is 6.02. The Hall–Kier alpha value is -3.07. The third-order valence-electron chi connectivity index (χ3n) is 4.84. The highest BCUT2D eigenvalue weighted by atomic mass is 35.5. The molecule has 0 aliphatic carbocycles. The van der Waals surface area contributed by atoms with Crippen molar-refractivity contribution in [2.24, 2.45) is 0 Å². The molecule has 0 unspecified atom stereocenters. The number of ether oxygens (including phenoxy) is 1. The number of methoxy groups -OCH3 is 1. The van der Waals surface area contributed by atoms with Crippen molar-refractivity contribution in [2.45, 2.75) is 6.92 Å². The van der Waals surface area contributed by atoms with Crippen molar-refractivity contribution in [3.8, 4) is 17.1 Å². The molecule has 3 aromatic rings. The van der Waals surface area contributed by atoms with Crippen LogP contribution in [0.4, 0.5) is 5.69 Å². The number of aromatic carboxylic acids is 1. The third kappa shape index (κ3) is 4.17. The molecule has 1 amide bonds. The largest absolute Gasteiger partial charge is 0.495 e. The lowest BCUT2D eigenvalue weighted by atomic mass is 10.0. The van der Waals surface area contributed by atoms with Crippen LogP contribution in [-0.4, -0.2) is 28.4 Å². The van der Waals surface area contributed by atoms with Crippen molar-refractivity contribution in [3.05, 3.63) is 75.3 Å². The van der Waals surface area contributed by atoms with Gasteiger partial charge in [-0.15, -0.1) is 0 Å². The van der Waals surface area contributed by atoms with Gasteiger partial charge in [0.2, 0.25) is 0 Å². The quantitative estimate of drug-likeness (QED) is 0.349. The number of carboxylic acids is 1. The fraction of sp³-hybridized carbons (Fsp3) is 0.0870. The lowest BCUT2D eigenvalue weighted by Crippen LogP contribution is -2.27. The summed E-state index contributed by atoms with van der Waals surface area (Å²) in [5, 5.41) is 9.62. The van der Waals surface area contributed by atoms with E-state index in [9.17, 15) is 14.7 Å². The topological polar surface area (TPSA) is 80.0 Å². The molecule has 2 aromatic carbocycles. The molecule has 1 aliphatic heterocycles. The van der Waals surface area contributed by atoms with Gasteiger partial charge in [0.25, 0.3) is 5.91 Å². The van der Waals surface area contributed by atoms with E-state index in [4.69, 9.17) is 33.0 Å². The summed E-state index contributed by atoms with van der Waals surface area (Å²) in [6.07, 6.45) is 1.62. The van der Waals surface area contributed by atoms with Gasteiger partial charge in [-0.1, -0.05) is 41.6 Å². The number of carbonyl (C=O) groups is 2. The molecule has 6 nitrogen and oxygen atoms in total. The second kappa shape index (κ2) is 8.82. The molecular weight excluding hydrogens is 470 g/mol. The van der Waals surface area contributed by atoms with Crippen molar-refractivity contribution < 1.29 is 23.8 Å². The normalized spacial score (nSPS) is 15.0. The van der Waals surface area contributed by atoms with Crippen LogP contribution in [-0.2, 0) is 4.79 Å². The maximum Gasteiger partial charge on any atom is 0.335 e. The lowest BCUT2D eigenvalue weighted by molar-refractivity contribution is -0.113. The molecule has 1 aliphatic rings. The number of anilines is 1. The first-order valence-electron chi connectivity index (χ1n) is 9.34. The Labute approximate surface area is 198 Å². The summed E-state index contributed by atoms with van der Waals surface area (Å²) in [6, 6.07) is 13.3. The van der Waals surface area contributed by atoms with E-state index in [-0.39, 0.29) is 11.5 Å². The highest BCUT2D eigenvalue weighted by molar-refractivity contribution is 8.27. The van der Waals surface area contributed by atoms with Crippen LogP contribution in [0.5, 0.6) is 5.75 Å². The zero-order valence-electron chi connectivity index (χ0n) is 16.9. The van der Waals surface area contributed by atoms with E-state index in [2.05, 4.69) is 0 Å². The molecule has 1 N–H and O–H groups in total. The number of rotatable bonds is 5. The summed E-state index contributed by atoms with van der Waals surface area (Å²) in [6.45, 7) is 1.87. The molecule has 0 spiro atoms. The summed E-state index contributed by atoms with van der Waals surface area (Å²) in [7, 11) is 1.51. The van der Waals surface area contributed by atoms with E-state index < -0.39 is 5.97 Å². The second-order valence-electron chi connectivity index (χ2n) is 6.87.